The quantitative estimate of drug-likeness (QED) is 0.495. The Hall–Kier alpha value is -0.380. The Labute approximate surface area is 103 Å². The number of unbranched alkanes of at least 4 members (excludes halogenated alkanes) is 1. The lowest BCUT2D eigenvalue weighted by molar-refractivity contribution is -0.134. The van der Waals surface area contributed by atoms with Crippen molar-refractivity contribution >= 4 is 13.8 Å². The number of hydrogen-bond acceptors (Lipinski definition) is 5. The van der Waals surface area contributed by atoms with Crippen LogP contribution in [0.3, 0.4) is 0 Å². The molecule has 0 rings (SSSR count). The van der Waals surface area contributed by atoms with Gasteiger partial charge in [-0.2, -0.15) is 0 Å². The molecule has 0 aliphatic rings. The van der Waals surface area contributed by atoms with Crippen LogP contribution in [0.2, 0.25) is 0 Å². The molecule has 0 aliphatic carbocycles. The molecule has 0 aromatic carbocycles. The molecule has 0 fully saturated rings. The van der Waals surface area contributed by atoms with Crippen molar-refractivity contribution in [3.8, 4) is 0 Å². The van der Waals surface area contributed by atoms with Gasteiger partial charge in [0.05, 0.1) is 12.2 Å². The average molecular weight is 266 g/mol. The Morgan fingerprint density at radius 2 is 1.88 bits per heavy atom. The lowest BCUT2D eigenvalue weighted by atomic mass is 10.1. The van der Waals surface area contributed by atoms with E-state index >= 15 is 0 Å². The monoisotopic (exact) mass is 266 g/mol. The third-order valence-electron chi connectivity index (χ3n) is 2.20. The Bertz CT molecular complexity index is 288. The summed E-state index contributed by atoms with van der Waals surface area (Å²) in [6.45, 7) is 8.85. The summed E-state index contributed by atoms with van der Waals surface area (Å²) in [7, 11) is -3.79. The molecule has 102 valence electrons. The summed E-state index contributed by atoms with van der Waals surface area (Å²) < 4.78 is 27.3. The number of hydrogen-bond donors (Lipinski definition) is 0. The molecule has 1 unspecified atom stereocenters. The molecule has 0 saturated heterocycles. The SMILES string of the molecule is CCCCOP(=O)(OC(C)=O)OC(C)(C)CC. The van der Waals surface area contributed by atoms with Crippen LogP contribution in [0.15, 0.2) is 0 Å². The summed E-state index contributed by atoms with van der Waals surface area (Å²) in [5.41, 5.74) is -0.656. The van der Waals surface area contributed by atoms with Crippen LogP contribution in [-0.2, 0) is 22.9 Å². The molecule has 0 aromatic rings. The molecule has 0 heterocycles. The van der Waals surface area contributed by atoms with Crippen molar-refractivity contribution in [1.29, 1.82) is 0 Å². The van der Waals surface area contributed by atoms with E-state index in [1.165, 1.54) is 6.92 Å². The fraction of sp³-hybridized carbons (Fsp3) is 0.909. The van der Waals surface area contributed by atoms with Crippen molar-refractivity contribution < 1.29 is 22.9 Å². The predicted octanol–water partition coefficient (Wildman–Crippen LogP) is 3.68. The van der Waals surface area contributed by atoms with Gasteiger partial charge in [-0.15, -0.1) is 0 Å². The summed E-state index contributed by atoms with van der Waals surface area (Å²) in [5.74, 6) is -0.670. The van der Waals surface area contributed by atoms with E-state index < -0.39 is 19.4 Å². The summed E-state index contributed by atoms with van der Waals surface area (Å²) in [6.07, 6.45) is 2.27. The zero-order valence-corrected chi connectivity index (χ0v) is 12.2. The van der Waals surface area contributed by atoms with E-state index in [0.717, 1.165) is 12.8 Å². The van der Waals surface area contributed by atoms with Gasteiger partial charge < -0.3 is 4.52 Å². The molecule has 0 bridgehead atoms. The summed E-state index contributed by atoms with van der Waals surface area (Å²) in [5, 5.41) is 0. The molecule has 17 heavy (non-hydrogen) atoms. The summed E-state index contributed by atoms with van der Waals surface area (Å²) in [6, 6.07) is 0. The van der Waals surface area contributed by atoms with Gasteiger partial charge in [-0.05, 0) is 26.7 Å². The zero-order chi connectivity index (χ0) is 13.5. The van der Waals surface area contributed by atoms with Crippen LogP contribution < -0.4 is 0 Å². The standard InChI is InChI=1S/C11H23O5P/c1-6-8-9-14-17(13,15-10(3)12)16-11(4,5)7-2/h6-9H2,1-5H3. The van der Waals surface area contributed by atoms with E-state index in [9.17, 15) is 9.36 Å². The van der Waals surface area contributed by atoms with Crippen LogP contribution in [0.4, 0.5) is 0 Å². The highest BCUT2D eigenvalue weighted by molar-refractivity contribution is 7.49. The zero-order valence-electron chi connectivity index (χ0n) is 11.3. The molecule has 0 aromatic heterocycles. The second-order valence-electron chi connectivity index (χ2n) is 4.42. The third kappa shape index (κ3) is 7.53. The first-order valence-corrected chi connectivity index (χ1v) is 7.36. The smallest absolute Gasteiger partial charge is 0.371 e. The van der Waals surface area contributed by atoms with Crippen molar-refractivity contribution in [3.05, 3.63) is 0 Å². The van der Waals surface area contributed by atoms with Gasteiger partial charge >= 0.3 is 13.8 Å². The predicted molar refractivity (Wildman–Crippen MR) is 65.7 cm³/mol. The second kappa shape index (κ2) is 7.14. The van der Waals surface area contributed by atoms with Crippen LogP contribution in [0.25, 0.3) is 0 Å². The van der Waals surface area contributed by atoms with E-state index in [4.69, 9.17) is 13.6 Å². The number of carbonyl (C=O) groups is 1. The molecule has 0 spiro atoms. The minimum Gasteiger partial charge on any atom is -0.371 e. The van der Waals surface area contributed by atoms with E-state index in [1.54, 1.807) is 13.8 Å². The Balaban J connectivity index is 4.60. The molecule has 0 radical (unpaired) electrons. The first kappa shape index (κ1) is 16.6. The van der Waals surface area contributed by atoms with Gasteiger partial charge in [0.15, 0.2) is 0 Å². The molecule has 0 amide bonds. The van der Waals surface area contributed by atoms with Crippen molar-refractivity contribution in [2.45, 2.75) is 59.5 Å². The molecule has 0 aliphatic heterocycles. The van der Waals surface area contributed by atoms with Gasteiger partial charge in [0.2, 0.25) is 0 Å². The van der Waals surface area contributed by atoms with E-state index in [-0.39, 0.29) is 6.61 Å². The highest BCUT2D eigenvalue weighted by Gasteiger charge is 2.36. The van der Waals surface area contributed by atoms with Crippen LogP contribution in [-0.4, -0.2) is 18.2 Å². The Morgan fingerprint density at radius 1 is 1.29 bits per heavy atom. The van der Waals surface area contributed by atoms with Crippen LogP contribution >= 0.6 is 7.82 Å². The maximum Gasteiger partial charge on any atom is 0.532 e. The van der Waals surface area contributed by atoms with Gasteiger partial charge in [-0.3, -0.25) is 13.8 Å². The van der Waals surface area contributed by atoms with Crippen molar-refractivity contribution in [2.75, 3.05) is 6.61 Å². The number of carbonyl (C=O) groups excluding carboxylic acids is 1. The molecular weight excluding hydrogens is 243 g/mol. The van der Waals surface area contributed by atoms with E-state index in [0.29, 0.717) is 6.42 Å². The molecule has 0 N–H and O–H groups in total. The lowest BCUT2D eigenvalue weighted by Gasteiger charge is -2.27. The van der Waals surface area contributed by atoms with Gasteiger partial charge in [-0.25, -0.2) is 4.57 Å². The van der Waals surface area contributed by atoms with E-state index in [1.807, 2.05) is 13.8 Å². The lowest BCUT2D eigenvalue weighted by Crippen LogP contribution is -2.23. The molecule has 5 nitrogen and oxygen atoms in total. The topological polar surface area (TPSA) is 61.8 Å². The van der Waals surface area contributed by atoms with Gasteiger partial charge in [-0.1, -0.05) is 20.3 Å². The number of phosphoric ester groups is 1. The van der Waals surface area contributed by atoms with Crippen molar-refractivity contribution in [3.63, 3.8) is 0 Å². The minimum absolute atomic E-state index is 0.251. The third-order valence-corrected chi connectivity index (χ3v) is 3.90. The number of phosphoric acid groups is 1. The van der Waals surface area contributed by atoms with E-state index in [2.05, 4.69) is 0 Å². The maximum absolute atomic E-state index is 12.2. The minimum atomic E-state index is -3.79. The fourth-order valence-corrected chi connectivity index (χ4v) is 2.46. The Kier molecular flexibility index (Phi) is 6.98. The number of rotatable bonds is 8. The van der Waals surface area contributed by atoms with Crippen LogP contribution in [0.5, 0.6) is 0 Å². The van der Waals surface area contributed by atoms with Crippen molar-refractivity contribution in [2.24, 2.45) is 0 Å². The molecular formula is C11H23O5P. The average Bonchev–Trinajstić information content (AvgIpc) is 2.15. The van der Waals surface area contributed by atoms with Crippen molar-refractivity contribution in [1.82, 2.24) is 0 Å². The maximum atomic E-state index is 12.2. The van der Waals surface area contributed by atoms with Crippen LogP contribution in [0.1, 0.15) is 53.9 Å². The van der Waals surface area contributed by atoms with Crippen LogP contribution in [0, 0.1) is 0 Å². The van der Waals surface area contributed by atoms with Gasteiger partial charge in [0, 0.05) is 6.92 Å². The highest BCUT2D eigenvalue weighted by atomic mass is 31.2. The van der Waals surface area contributed by atoms with Gasteiger partial charge in [0.1, 0.15) is 0 Å². The Morgan fingerprint density at radius 3 is 2.29 bits per heavy atom. The second-order valence-corrected chi connectivity index (χ2v) is 5.94. The normalized spacial score (nSPS) is 15.4. The molecule has 0 saturated carbocycles. The summed E-state index contributed by atoms with van der Waals surface area (Å²) in [4.78, 5) is 10.9. The fourth-order valence-electron chi connectivity index (χ4n) is 0.917. The highest BCUT2D eigenvalue weighted by Crippen LogP contribution is 2.53. The molecule has 6 heteroatoms. The summed E-state index contributed by atoms with van der Waals surface area (Å²) >= 11 is 0. The largest absolute Gasteiger partial charge is 0.532 e. The first-order chi connectivity index (χ1) is 7.74. The van der Waals surface area contributed by atoms with Gasteiger partial charge in [0.25, 0.3) is 0 Å². The molecule has 1 atom stereocenters. The first-order valence-electron chi connectivity index (χ1n) is 5.90.